The maximum absolute atomic E-state index is 12.2. The Morgan fingerprint density at radius 1 is 0.950 bits per heavy atom. The number of fused-ring (bicyclic) bond motifs is 1. The highest BCUT2D eigenvalue weighted by Gasteiger charge is 2.09. The summed E-state index contributed by atoms with van der Waals surface area (Å²) in [7, 11) is 0. The summed E-state index contributed by atoms with van der Waals surface area (Å²) >= 11 is 0. The number of aryl methyl sites for hydroxylation is 1. The number of anilines is 1. The lowest BCUT2D eigenvalue weighted by Gasteiger charge is -2.08. The number of rotatable bonds is 2. The Bertz CT molecular complexity index is 781. The molecule has 3 rings (SSSR count). The molecule has 3 nitrogen and oxygen atoms in total. The number of carbonyl (C=O) groups is 1. The third-order valence-corrected chi connectivity index (χ3v) is 3.22. The molecule has 3 heteroatoms. The summed E-state index contributed by atoms with van der Waals surface area (Å²) < 4.78 is 0. The number of carbonyl (C=O) groups excluding carboxylic acids is 1. The Morgan fingerprint density at radius 3 is 2.55 bits per heavy atom. The molecule has 0 bridgehead atoms. The highest BCUT2D eigenvalue weighted by Crippen LogP contribution is 2.16. The van der Waals surface area contributed by atoms with E-state index in [1.807, 2.05) is 61.5 Å². The quantitative estimate of drug-likeness (QED) is 0.763. The lowest BCUT2D eigenvalue weighted by Crippen LogP contribution is -2.14. The van der Waals surface area contributed by atoms with Crippen LogP contribution in [0.2, 0.25) is 0 Å². The van der Waals surface area contributed by atoms with Crippen LogP contribution in [-0.2, 0) is 0 Å². The molecular formula is C17H14N2O. The van der Waals surface area contributed by atoms with Crippen molar-refractivity contribution in [1.29, 1.82) is 0 Å². The first kappa shape index (κ1) is 12.4. The number of nitrogens with one attached hydrogen (secondary N) is 1. The molecule has 20 heavy (non-hydrogen) atoms. The van der Waals surface area contributed by atoms with E-state index in [4.69, 9.17) is 0 Å². The summed E-state index contributed by atoms with van der Waals surface area (Å²) in [4.78, 5) is 16.6. The minimum Gasteiger partial charge on any atom is -0.320 e. The molecule has 0 fully saturated rings. The third kappa shape index (κ3) is 2.38. The maximum atomic E-state index is 12.2. The average molecular weight is 262 g/mol. The first-order chi connectivity index (χ1) is 9.74. The van der Waals surface area contributed by atoms with E-state index in [0.29, 0.717) is 5.69 Å². The summed E-state index contributed by atoms with van der Waals surface area (Å²) in [6.07, 6.45) is 0. The molecule has 98 valence electrons. The van der Waals surface area contributed by atoms with Crippen LogP contribution in [0.25, 0.3) is 10.9 Å². The van der Waals surface area contributed by atoms with Crippen molar-refractivity contribution in [3.8, 4) is 0 Å². The molecule has 0 spiro atoms. The van der Waals surface area contributed by atoms with Crippen LogP contribution in [0.4, 0.5) is 5.69 Å². The largest absolute Gasteiger partial charge is 0.320 e. The molecule has 0 radical (unpaired) electrons. The van der Waals surface area contributed by atoms with E-state index in [0.717, 1.165) is 22.2 Å². The summed E-state index contributed by atoms with van der Waals surface area (Å²) in [5, 5.41) is 3.92. The maximum Gasteiger partial charge on any atom is 0.274 e. The lowest BCUT2D eigenvalue weighted by atomic mass is 10.2. The molecule has 1 aromatic heterocycles. The number of amides is 1. The third-order valence-electron chi connectivity index (χ3n) is 3.22. The van der Waals surface area contributed by atoms with Crippen LogP contribution in [0.1, 0.15) is 16.1 Å². The highest BCUT2D eigenvalue weighted by atomic mass is 16.1. The van der Waals surface area contributed by atoms with Gasteiger partial charge in [0, 0.05) is 11.1 Å². The second-order valence-corrected chi connectivity index (χ2v) is 4.66. The molecule has 0 saturated carbocycles. The Hall–Kier alpha value is -2.68. The first-order valence-corrected chi connectivity index (χ1v) is 6.47. The minimum absolute atomic E-state index is 0.190. The van der Waals surface area contributed by atoms with Crippen molar-refractivity contribution in [2.75, 3.05) is 5.32 Å². The standard InChI is InChI=1S/C17H14N2O/c1-12-6-2-4-8-14(12)19-17(20)16-11-10-13-7-3-5-9-15(13)18-16/h2-11H,1H3,(H,19,20). The molecule has 2 aromatic carbocycles. The fraction of sp³-hybridized carbons (Fsp3) is 0.0588. The molecule has 0 aliphatic rings. The number of nitrogens with zero attached hydrogens (tertiary/aromatic N) is 1. The van der Waals surface area contributed by atoms with Gasteiger partial charge in [-0.2, -0.15) is 0 Å². The fourth-order valence-corrected chi connectivity index (χ4v) is 2.09. The monoisotopic (exact) mass is 262 g/mol. The average Bonchev–Trinajstić information content (AvgIpc) is 2.49. The zero-order valence-corrected chi connectivity index (χ0v) is 11.1. The van der Waals surface area contributed by atoms with Gasteiger partial charge in [-0.25, -0.2) is 4.98 Å². The molecule has 0 atom stereocenters. The van der Waals surface area contributed by atoms with Crippen molar-refractivity contribution in [1.82, 2.24) is 4.98 Å². The van der Waals surface area contributed by atoms with Crippen molar-refractivity contribution in [3.05, 3.63) is 71.9 Å². The topological polar surface area (TPSA) is 42.0 Å². The van der Waals surface area contributed by atoms with Gasteiger partial charge in [0.15, 0.2) is 0 Å². The molecule has 0 saturated heterocycles. The number of hydrogen-bond acceptors (Lipinski definition) is 2. The van der Waals surface area contributed by atoms with Gasteiger partial charge in [0.25, 0.3) is 5.91 Å². The van der Waals surface area contributed by atoms with Crippen LogP contribution in [0.5, 0.6) is 0 Å². The Morgan fingerprint density at radius 2 is 1.70 bits per heavy atom. The van der Waals surface area contributed by atoms with Gasteiger partial charge in [-0.05, 0) is 30.7 Å². The second-order valence-electron chi connectivity index (χ2n) is 4.66. The molecule has 3 aromatic rings. The molecular weight excluding hydrogens is 248 g/mol. The first-order valence-electron chi connectivity index (χ1n) is 6.47. The van der Waals surface area contributed by atoms with Crippen LogP contribution >= 0.6 is 0 Å². The van der Waals surface area contributed by atoms with Crippen LogP contribution < -0.4 is 5.32 Å². The van der Waals surface area contributed by atoms with Gasteiger partial charge >= 0.3 is 0 Å². The van der Waals surface area contributed by atoms with Crippen LogP contribution in [0.15, 0.2) is 60.7 Å². The zero-order chi connectivity index (χ0) is 13.9. The van der Waals surface area contributed by atoms with E-state index in [1.54, 1.807) is 6.07 Å². The van der Waals surface area contributed by atoms with Gasteiger partial charge in [0.2, 0.25) is 0 Å². The van der Waals surface area contributed by atoms with Crippen molar-refractivity contribution in [3.63, 3.8) is 0 Å². The van der Waals surface area contributed by atoms with Gasteiger partial charge in [0.1, 0.15) is 5.69 Å². The van der Waals surface area contributed by atoms with Crippen molar-refractivity contribution in [2.45, 2.75) is 6.92 Å². The summed E-state index contributed by atoms with van der Waals surface area (Å²) in [6, 6.07) is 19.1. The van der Waals surface area contributed by atoms with E-state index in [9.17, 15) is 4.79 Å². The number of aromatic nitrogens is 1. The van der Waals surface area contributed by atoms with Crippen LogP contribution in [0, 0.1) is 6.92 Å². The predicted molar refractivity (Wildman–Crippen MR) is 80.9 cm³/mol. The van der Waals surface area contributed by atoms with E-state index in [1.165, 1.54) is 0 Å². The van der Waals surface area contributed by atoms with Gasteiger partial charge < -0.3 is 5.32 Å². The Kier molecular flexibility index (Phi) is 3.17. The second kappa shape index (κ2) is 5.13. The number of benzene rings is 2. The predicted octanol–water partition coefficient (Wildman–Crippen LogP) is 3.80. The molecule has 0 unspecified atom stereocenters. The Labute approximate surface area is 117 Å². The van der Waals surface area contributed by atoms with Crippen molar-refractivity contribution >= 4 is 22.5 Å². The van der Waals surface area contributed by atoms with Crippen molar-refractivity contribution < 1.29 is 4.79 Å². The molecule has 1 N–H and O–H groups in total. The number of para-hydroxylation sites is 2. The van der Waals surface area contributed by atoms with E-state index in [2.05, 4.69) is 10.3 Å². The Balaban J connectivity index is 1.91. The van der Waals surface area contributed by atoms with Crippen LogP contribution in [-0.4, -0.2) is 10.9 Å². The minimum atomic E-state index is -0.190. The van der Waals surface area contributed by atoms with E-state index in [-0.39, 0.29) is 5.91 Å². The zero-order valence-electron chi connectivity index (χ0n) is 11.1. The van der Waals surface area contributed by atoms with Crippen LogP contribution in [0.3, 0.4) is 0 Å². The van der Waals surface area contributed by atoms with Gasteiger partial charge in [-0.3, -0.25) is 4.79 Å². The number of hydrogen-bond donors (Lipinski definition) is 1. The van der Waals surface area contributed by atoms with E-state index < -0.39 is 0 Å². The fourth-order valence-electron chi connectivity index (χ4n) is 2.09. The molecule has 0 aliphatic heterocycles. The van der Waals surface area contributed by atoms with Gasteiger partial charge in [0.05, 0.1) is 5.52 Å². The molecule has 1 heterocycles. The van der Waals surface area contributed by atoms with E-state index >= 15 is 0 Å². The highest BCUT2D eigenvalue weighted by molar-refractivity contribution is 6.04. The van der Waals surface area contributed by atoms with Crippen molar-refractivity contribution in [2.24, 2.45) is 0 Å². The number of pyridine rings is 1. The molecule has 0 aliphatic carbocycles. The summed E-state index contributed by atoms with van der Waals surface area (Å²) in [6.45, 7) is 1.96. The lowest BCUT2D eigenvalue weighted by molar-refractivity contribution is 0.102. The summed E-state index contributed by atoms with van der Waals surface area (Å²) in [5.41, 5.74) is 3.09. The van der Waals surface area contributed by atoms with Gasteiger partial charge in [-0.15, -0.1) is 0 Å². The SMILES string of the molecule is Cc1ccccc1NC(=O)c1ccc2ccccc2n1. The summed E-state index contributed by atoms with van der Waals surface area (Å²) in [5.74, 6) is -0.190. The smallest absolute Gasteiger partial charge is 0.274 e. The normalized spacial score (nSPS) is 10.4. The molecule has 1 amide bonds. The van der Waals surface area contributed by atoms with Gasteiger partial charge in [-0.1, -0.05) is 42.5 Å².